The van der Waals surface area contributed by atoms with Crippen LogP contribution in [-0.2, 0) is 12.7 Å². The van der Waals surface area contributed by atoms with E-state index >= 15 is 0 Å². The molecule has 0 aliphatic heterocycles. The minimum Gasteiger partial charge on any atom is -0.454 e. The van der Waals surface area contributed by atoms with Gasteiger partial charge in [-0.1, -0.05) is 29.3 Å². The fourth-order valence-corrected chi connectivity index (χ4v) is 2.29. The Bertz CT molecular complexity index is 639. The maximum absolute atomic E-state index is 12.6. The Kier molecular flexibility index (Phi) is 6.38. The van der Waals surface area contributed by atoms with E-state index in [0.29, 0.717) is 5.56 Å². The van der Waals surface area contributed by atoms with Crippen molar-refractivity contribution in [2.45, 2.75) is 12.7 Å². The third-order valence-corrected chi connectivity index (χ3v) is 3.24. The molecule has 8 heteroatoms. The van der Waals surface area contributed by atoms with Crippen LogP contribution in [0.2, 0.25) is 10.0 Å². The van der Waals surface area contributed by atoms with Gasteiger partial charge in [-0.3, -0.25) is 0 Å². The minimum absolute atomic E-state index is 0. The van der Waals surface area contributed by atoms with Crippen LogP contribution in [0.3, 0.4) is 0 Å². The highest BCUT2D eigenvalue weighted by molar-refractivity contribution is 6.37. The molecule has 0 aromatic heterocycles. The third-order valence-electron chi connectivity index (χ3n) is 2.68. The summed E-state index contributed by atoms with van der Waals surface area (Å²) in [5, 5.41) is 0.362. The summed E-state index contributed by atoms with van der Waals surface area (Å²) in [5.74, 6) is 0.0870. The van der Waals surface area contributed by atoms with Crippen LogP contribution in [0.15, 0.2) is 36.4 Å². The fourth-order valence-electron chi connectivity index (χ4n) is 1.68. The van der Waals surface area contributed by atoms with Gasteiger partial charge in [0.1, 0.15) is 5.75 Å². The number of alkyl halides is 3. The molecule has 0 atom stereocenters. The summed E-state index contributed by atoms with van der Waals surface area (Å²) in [5.41, 5.74) is 5.36. The van der Waals surface area contributed by atoms with E-state index in [1.165, 1.54) is 12.1 Å². The molecule has 0 bridgehead atoms. The van der Waals surface area contributed by atoms with Gasteiger partial charge in [0.25, 0.3) is 0 Å². The van der Waals surface area contributed by atoms with E-state index in [1.807, 2.05) is 0 Å². The minimum atomic E-state index is -4.45. The first-order valence-corrected chi connectivity index (χ1v) is 6.60. The number of ether oxygens (including phenoxy) is 1. The highest BCUT2D eigenvalue weighted by Crippen LogP contribution is 2.39. The lowest BCUT2D eigenvalue weighted by Gasteiger charge is -2.13. The monoisotopic (exact) mass is 371 g/mol. The van der Waals surface area contributed by atoms with Crippen LogP contribution in [0, 0.1) is 0 Å². The molecule has 2 aromatic carbocycles. The number of halogens is 6. The van der Waals surface area contributed by atoms with Crippen molar-refractivity contribution in [2.24, 2.45) is 5.73 Å². The third kappa shape index (κ3) is 4.43. The number of hydrogen-bond donors (Lipinski definition) is 1. The van der Waals surface area contributed by atoms with Gasteiger partial charge in [0.2, 0.25) is 0 Å². The first kappa shape index (κ1) is 18.9. The van der Waals surface area contributed by atoms with Gasteiger partial charge in [-0.05, 0) is 35.9 Å². The first-order chi connectivity index (χ1) is 9.81. The zero-order valence-corrected chi connectivity index (χ0v) is 13.3. The number of hydrogen-bond acceptors (Lipinski definition) is 2. The van der Waals surface area contributed by atoms with Crippen molar-refractivity contribution in [1.82, 2.24) is 0 Å². The van der Waals surface area contributed by atoms with Gasteiger partial charge in [-0.2, -0.15) is 13.2 Å². The Morgan fingerprint density at radius 3 is 2.14 bits per heavy atom. The zero-order valence-electron chi connectivity index (χ0n) is 11.0. The summed E-state index contributed by atoms with van der Waals surface area (Å²) in [6, 6.07) is 7.57. The molecule has 0 aliphatic rings. The highest BCUT2D eigenvalue weighted by atomic mass is 35.5. The van der Waals surface area contributed by atoms with Gasteiger partial charge in [-0.15, -0.1) is 12.4 Å². The Balaban J connectivity index is 0.00000242. The van der Waals surface area contributed by atoms with Crippen LogP contribution >= 0.6 is 35.6 Å². The Hall–Kier alpha value is -1.14. The summed E-state index contributed by atoms with van der Waals surface area (Å²) in [7, 11) is 0. The van der Waals surface area contributed by atoms with E-state index in [-0.39, 0.29) is 40.5 Å². The molecule has 2 N–H and O–H groups in total. The van der Waals surface area contributed by atoms with Crippen LogP contribution in [0.4, 0.5) is 13.2 Å². The van der Waals surface area contributed by atoms with Crippen molar-refractivity contribution in [3.8, 4) is 11.5 Å². The molecule has 0 saturated carbocycles. The molecule has 120 valence electrons. The lowest BCUT2D eigenvalue weighted by molar-refractivity contribution is -0.137. The number of nitrogens with two attached hydrogens (primary N) is 1. The molecular weight excluding hydrogens is 362 g/mol. The molecule has 0 fully saturated rings. The predicted molar refractivity (Wildman–Crippen MR) is 83.1 cm³/mol. The SMILES string of the molecule is Cl.NCc1cc(Cl)c(Oc2cccc(C(F)(F)F)c2)c(Cl)c1. The molecule has 2 rings (SSSR count). The molecule has 0 spiro atoms. The van der Waals surface area contributed by atoms with E-state index in [1.54, 1.807) is 12.1 Å². The zero-order chi connectivity index (χ0) is 15.6. The van der Waals surface area contributed by atoms with Gasteiger partial charge in [-0.25, -0.2) is 0 Å². The Morgan fingerprint density at radius 2 is 1.64 bits per heavy atom. The maximum Gasteiger partial charge on any atom is 0.416 e. The second-order valence-corrected chi connectivity index (χ2v) is 5.03. The molecular formula is C14H11Cl3F3NO. The summed E-state index contributed by atoms with van der Waals surface area (Å²) in [4.78, 5) is 0. The maximum atomic E-state index is 12.6. The summed E-state index contributed by atoms with van der Waals surface area (Å²) in [6.45, 7) is 0.239. The van der Waals surface area contributed by atoms with Crippen molar-refractivity contribution in [2.75, 3.05) is 0 Å². The molecule has 0 radical (unpaired) electrons. The van der Waals surface area contributed by atoms with E-state index in [0.717, 1.165) is 12.1 Å². The van der Waals surface area contributed by atoms with Crippen molar-refractivity contribution < 1.29 is 17.9 Å². The molecule has 0 saturated heterocycles. The summed E-state index contributed by atoms with van der Waals surface area (Å²) < 4.78 is 43.3. The molecule has 0 aliphatic carbocycles. The lowest BCUT2D eigenvalue weighted by Crippen LogP contribution is -2.04. The van der Waals surface area contributed by atoms with Gasteiger partial charge in [0.15, 0.2) is 5.75 Å². The van der Waals surface area contributed by atoms with E-state index in [4.69, 9.17) is 33.7 Å². The van der Waals surface area contributed by atoms with Gasteiger partial charge < -0.3 is 10.5 Å². The van der Waals surface area contributed by atoms with Gasteiger partial charge >= 0.3 is 6.18 Å². The van der Waals surface area contributed by atoms with E-state index < -0.39 is 11.7 Å². The predicted octanol–water partition coefficient (Wildman–Crippen LogP) is 5.69. The molecule has 0 amide bonds. The lowest BCUT2D eigenvalue weighted by atomic mass is 10.2. The molecule has 0 unspecified atom stereocenters. The van der Waals surface area contributed by atoms with Crippen LogP contribution < -0.4 is 10.5 Å². The van der Waals surface area contributed by atoms with Crippen LogP contribution in [0.25, 0.3) is 0 Å². The molecule has 2 aromatic rings. The van der Waals surface area contributed by atoms with Gasteiger partial charge in [0.05, 0.1) is 15.6 Å². The Labute approximate surface area is 141 Å². The van der Waals surface area contributed by atoms with Crippen molar-refractivity contribution in [3.05, 3.63) is 57.6 Å². The molecule has 0 heterocycles. The first-order valence-electron chi connectivity index (χ1n) is 5.84. The summed E-state index contributed by atoms with van der Waals surface area (Å²) >= 11 is 12.0. The Morgan fingerprint density at radius 1 is 1.05 bits per heavy atom. The molecule has 22 heavy (non-hydrogen) atoms. The molecule has 2 nitrogen and oxygen atoms in total. The van der Waals surface area contributed by atoms with Crippen molar-refractivity contribution >= 4 is 35.6 Å². The van der Waals surface area contributed by atoms with E-state index in [9.17, 15) is 13.2 Å². The highest BCUT2D eigenvalue weighted by Gasteiger charge is 2.30. The summed E-state index contributed by atoms with van der Waals surface area (Å²) in [6.07, 6.45) is -4.45. The number of rotatable bonds is 3. The quantitative estimate of drug-likeness (QED) is 0.751. The van der Waals surface area contributed by atoms with Crippen molar-refractivity contribution in [1.29, 1.82) is 0 Å². The average molecular weight is 373 g/mol. The number of benzene rings is 2. The smallest absolute Gasteiger partial charge is 0.416 e. The average Bonchev–Trinajstić information content (AvgIpc) is 2.42. The standard InChI is InChI=1S/C14H10Cl2F3NO.ClH/c15-11-4-8(7-20)5-12(16)13(11)21-10-3-1-2-9(6-10)14(17,18)19;/h1-6H,7,20H2;1H. The van der Waals surface area contributed by atoms with Crippen LogP contribution in [0.5, 0.6) is 11.5 Å². The largest absolute Gasteiger partial charge is 0.454 e. The fraction of sp³-hybridized carbons (Fsp3) is 0.143. The van der Waals surface area contributed by atoms with E-state index in [2.05, 4.69) is 0 Å². The second-order valence-electron chi connectivity index (χ2n) is 4.22. The second kappa shape index (κ2) is 7.42. The van der Waals surface area contributed by atoms with Crippen LogP contribution in [0.1, 0.15) is 11.1 Å². The van der Waals surface area contributed by atoms with Crippen LogP contribution in [-0.4, -0.2) is 0 Å². The van der Waals surface area contributed by atoms with Crippen molar-refractivity contribution in [3.63, 3.8) is 0 Å². The topological polar surface area (TPSA) is 35.2 Å². The van der Waals surface area contributed by atoms with Gasteiger partial charge in [0, 0.05) is 6.54 Å². The normalized spacial score (nSPS) is 11.0.